The van der Waals surface area contributed by atoms with E-state index in [2.05, 4.69) is 0 Å². The molecule has 0 radical (unpaired) electrons. The maximum absolute atomic E-state index is 10.7. The summed E-state index contributed by atoms with van der Waals surface area (Å²) in [5.74, 6) is 0.0347. The summed E-state index contributed by atoms with van der Waals surface area (Å²) in [4.78, 5) is 12.3. The highest BCUT2D eigenvalue weighted by Gasteiger charge is 2.08. The van der Waals surface area contributed by atoms with Gasteiger partial charge in [-0.15, -0.1) is 0 Å². The van der Waals surface area contributed by atoms with Crippen LogP contribution in [0.15, 0.2) is 0 Å². The quantitative estimate of drug-likeness (QED) is 0.541. The molecule has 0 aliphatic rings. The van der Waals surface area contributed by atoms with E-state index in [0.717, 1.165) is 0 Å². The lowest BCUT2D eigenvalue weighted by Crippen LogP contribution is -2.42. The van der Waals surface area contributed by atoms with E-state index >= 15 is 0 Å². The minimum atomic E-state index is -0.160. The largest absolute Gasteiger partial charge is 0.328 e. The highest BCUT2D eigenvalue weighted by molar-refractivity contribution is 5.73. The number of rotatable bonds is 2. The molecule has 0 aromatic rings. The summed E-state index contributed by atoms with van der Waals surface area (Å²) in [6.07, 6.45) is -0.160. The number of amides is 1. The molecule has 2 N–H and O–H groups in total. The van der Waals surface area contributed by atoms with Crippen LogP contribution in [-0.4, -0.2) is 23.5 Å². The summed E-state index contributed by atoms with van der Waals surface area (Å²) < 4.78 is 0. The first kappa shape index (κ1) is 8.43. The van der Waals surface area contributed by atoms with Gasteiger partial charge in [-0.05, 0) is 13.8 Å². The van der Waals surface area contributed by atoms with Crippen LogP contribution in [0.25, 0.3) is 0 Å². The van der Waals surface area contributed by atoms with Gasteiger partial charge in [-0.3, -0.25) is 4.79 Å². The molecule has 0 saturated carbocycles. The molecule has 54 valence electrons. The van der Waals surface area contributed by atoms with Crippen LogP contribution in [0.1, 0.15) is 20.8 Å². The van der Waals surface area contributed by atoms with Gasteiger partial charge in [-0.25, -0.2) is 0 Å². The average molecular weight is 130 g/mol. The van der Waals surface area contributed by atoms with Gasteiger partial charge < -0.3 is 10.6 Å². The molecule has 0 heterocycles. The third-order valence-electron chi connectivity index (χ3n) is 1.24. The Hall–Kier alpha value is -0.570. The maximum Gasteiger partial charge on any atom is 0.220 e. The van der Waals surface area contributed by atoms with Crippen LogP contribution in [0.3, 0.4) is 0 Å². The summed E-state index contributed by atoms with van der Waals surface area (Å²) >= 11 is 0. The van der Waals surface area contributed by atoms with E-state index in [1.54, 1.807) is 11.8 Å². The van der Waals surface area contributed by atoms with Crippen molar-refractivity contribution in [2.24, 2.45) is 5.73 Å². The summed E-state index contributed by atoms with van der Waals surface area (Å²) in [6, 6.07) is 0. The fourth-order valence-corrected chi connectivity index (χ4v) is 0.797. The van der Waals surface area contributed by atoms with Crippen LogP contribution in [0.4, 0.5) is 0 Å². The maximum atomic E-state index is 10.7. The van der Waals surface area contributed by atoms with Crippen LogP contribution >= 0.6 is 0 Å². The smallest absolute Gasteiger partial charge is 0.220 e. The molecule has 0 bridgehead atoms. The van der Waals surface area contributed by atoms with Crippen LogP contribution in [0.5, 0.6) is 0 Å². The van der Waals surface area contributed by atoms with Crippen molar-refractivity contribution in [2.75, 3.05) is 6.54 Å². The first-order valence-electron chi connectivity index (χ1n) is 3.12. The molecule has 0 saturated heterocycles. The predicted molar refractivity (Wildman–Crippen MR) is 36.7 cm³/mol. The summed E-state index contributed by atoms with van der Waals surface area (Å²) in [5, 5.41) is 0. The van der Waals surface area contributed by atoms with Crippen molar-refractivity contribution in [3.8, 4) is 0 Å². The van der Waals surface area contributed by atoms with E-state index in [0.29, 0.717) is 6.54 Å². The Morgan fingerprint density at radius 2 is 2.22 bits per heavy atom. The first-order chi connectivity index (χ1) is 4.09. The Labute approximate surface area is 55.8 Å². The summed E-state index contributed by atoms with van der Waals surface area (Å²) in [5.41, 5.74) is 5.45. The monoisotopic (exact) mass is 130 g/mol. The molecule has 1 amide bonds. The first-order valence-corrected chi connectivity index (χ1v) is 3.12. The Bertz CT molecular complexity index is 101. The zero-order valence-electron chi connectivity index (χ0n) is 6.22. The van der Waals surface area contributed by atoms with Crippen molar-refractivity contribution < 1.29 is 4.79 Å². The molecule has 0 aromatic heterocycles. The number of carbonyl (C=O) groups excluding carboxylic acids is 1. The lowest BCUT2D eigenvalue weighted by atomic mass is 10.4. The fourth-order valence-electron chi connectivity index (χ4n) is 0.797. The molecule has 1 unspecified atom stereocenters. The van der Waals surface area contributed by atoms with Crippen LogP contribution < -0.4 is 5.73 Å². The Balaban J connectivity index is 3.83. The standard InChI is InChI=1S/C6H14N2O/c1-4-8(5(2)7)6(3)9/h5H,4,7H2,1-3H3. The molecule has 0 aromatic carbocycles. The van der Waals surface area contributed by atoms with Crippen LogP contribution in [0, 0.1) is 0 Å². The lowest BCUT2D eigenvalue weighted by Gasteiger charge is -2.22. The zero-order valence-corrected chi connectivity index (χ0v) is 6.22. The Morgan fingerprint density at radius 3 is 2.22 bits per heavy atom. The topological polar surface area (TPSA) is 46.3 Å². The molecular weight excluding hydrogens is 116 g/mol. The third kappa shape index (κ3) is 2.46. The summed E-state index contributed by atoms with van der Waals surface area (Å²) in [7, 11) is 0. The molecule has 3 nitrogen and oxygen atoms in total. The second-order valence-corrected chi connectivity index (χ2v) is 2.05. The third-order valence-corrected chi connectivity index (χ3v) is 1.24. The van der Waals surface area contributed by atoms with E-state index in [1.165, 1.54) is 6.92 Å². The second kappa shape index (κ2) is 3.45. The molecule has 0 aliphatic carbocycles. The number of nitrogens with two attached hydrogens (primary N) is 1. The molecule has 9 heavy (non-hydrogen) atoms. The van der Waals surface area contributed by atoms with Gasteiger partial charge in [0.25, 0.3) is 0 Å². The molecule has 1 atom stereocenters. The molecule has 0 rings (SSSR count). The predicted octanol–water partition coefficient (Wildman–Crippen LogP) is 0.160. The number of carbonyl (C=O) groups is 1. The number of hydrogen-bond donors (Lipinski definition) is 1. The normalized spacial score (nSPS) is 12.9. The Morgan fingerprint density at radius 1 is 1.78 bits per heavy atom. The SMILES string of the molecule is CCN(C(C)=O)C(C)N. The second-order valence-electron chi connectivity index (χ2n) is 2.05. The van der Waals surface area contributed by atoms with Gasteiger partial charge in [0.15, 0.2) is 0 Å². The minimum absolute atomic E-state index is 0.0347. The van der Waals surface area contributed by atoms with E-state index in [-0.39, 0.29) is 12.1 Å². The molecule has 0 fully saturated rings. The van der Waals surface area contributed by atoms with Gasteiger partial charge in [0.2, 0.25) is 5.91 Å². The highest BCUT2D eigenvalue weighted by Crippen LogP contribution is 1.91. The number of nitrogens with zero attached hydrogens (tertiary/aromatic N) is 1. The van der Waals surface area contributed by atoms with Gasteiger partial charge >= 0.3 is 0 Å². The van der Waals surface area contributed by atoms with Crippen molar-refractivity contribution >= 4 is 5.91 Å². The van der Waals surface area contributed by atoms with Crippen LogP contribution in [0.2, 0.25) is 0 Å². The van der Waals surface area contributed by atoms with E-state index < -0.39 is 0 Å². The van der Waals surface area contributed by atoms with Gasteiger partial charge in [-0.1, -0.05) is 0 Å². The van der Waals surface area contributed by atoms with Crippen LogP contribution in [-0.2, 0) is 4.79 Å². The Kier molecular flexibility index (Phi) is 3.24. The van der Waals surface area contributed by atoms with Gasteiger partial charge in [0, 0.05) is 13.5 Å². The molecule has 0 aliphatic heterocycles. The lowest BCUT2D eigenvalue weighted by molar-refractivity contribution is -0.130. The molecular formula is C6H14N2O. The van der Waals surface area contributed by atoms with Crippen molar-refractivity contribution in [2.45, 2.75) is 26.9 Å². The van der Waals surface area contributed by atoms with Crippen molar-refractivity contribution in [3.05, 3.63) is 0 Å². The van der Waals surface area contributed by atoms with Gasteiger partial charge in [0.05, 0.1) is 6.17 Å². The fraction of sp³-hybridized carbons (Fsp3) is 0.833. The van der Waals surface area contributed by atoms with Crippen molar-refractivity contribution in [1.82, 2.24) is 4.90 Å². The summed E-state index contributed by atoms with van der Waals surface area (Å²) in [6.45, 7) is 5.91. The van der Waals surface area contributed by atoms with Crippen molar-refractivity contribution in [1.29, 1.82) is 0 Å². The zero-order chi connectivity index (χ0) is 7.44. The van der Waals surface area contributed by atoms with Crippen molar-refractivity contribution in [3.63, 3.8) is 0 Å². The molecule has 3 heteroatoms. The van der Waals surface area contributed by atoms with E-state index in [9.17, 15) is 4.79 Å². The highest BCUT2D eigenvalue weighted by atomic mass is 16.2. The number of hydrogen-bond acceptors (Lipinski definition) is 2. The van der Waals surface area contributed by atoms with Gasteiger partial charge in [-0.2, -0.15) is 0 Å². The minimum Gasteiger partial charge on any atom is -0.328 e. The average Bonchev–Trinajstić information content (AvgIpc) is 1.64. The van der Waals surface area contributed by atoms with E-state index in [4.69, 9.17) is 5.73 Å². The molecule has 0 spiro atoms. The van der Waals surface area contributed by atoms with E-state index in [1.807, 2.05) is 6.92 Å². The van der Waals surface area contributed by atoms with Gasteiger partial charge in [0.1, 0.15) is 0 Å².